The third-order valence-electron chi connectivity index (χ3n) is 4.26. The van der Waals surface area contributed by atoms with Crippen LogP contribution in [0.25, 0.3) is 0 Å². The van der Waals surface area contributed by atoms with Gasteiger partial charge in [0.25, 0.3) is 0 Å². The number of rotatable bonds is 17. The molecule has 0 aliphatic heterocycles. The van der Waals surface area contributed by atoms with Crippen molar-refractivity contribution in [3.05, 3.63) is 35.9 Å². The lowest BCUT2D eigenvalue weighted by molar-refractivity contribution is -0.167. The summed E-state index contributed by atoms with van der Waals surface area (Å²) in [5.74, 6) is -5.03. The molecule has 3 atom stereocenters. The molecule has 0 aliphatic rings. The first-order valence-electron chi connectivity index (χ1n) is 9.98. The lowest BCUT2D eigenvalue weighted by Crippen LogP contribution is -2.52. The van der Waals surface area contributed by atoms with E-state index in [9.17, 15) is 40.7 Å². The molecule has 0 fully saturated rings. The van der Waals surface area contributed by atoms with Gasteiger partial charge in [-0.2, -0.15) is 26.3 Å². The second kappa shape index (κ2) is 17.9. The largest absolute Gasteiger partial charge is 0.461 e. The molecule has 0 saturated heterocycles. The molecule has 0 saturated carbocycles. The number of nitrogens with two attached hydrogens (primary N) is 1. The van der Waals surface area contributed by atoms with Gasteiger partial charge in [0.05, 0.1) is 25.7 Å². The van der Waals surface area contributed by atoms with Gasteiger partial charge in [-0.3, -0.25) is 14.4 Å². The molecule has 0 heterocycles. The number of nitrogens with one attached hydrogen (secondary N) is 1. The predicted octanol–water partition coefficient (Wildman–Crippen LogP) is 2.26. The van der Waals surface area contributed by atoms with Crippen molar-refractivity contribution in [3.8, 4) is 0 Å². The molecule has 1 amide bonds. The number of amides is 1. The molecule has 0 aromatic heterocycles. The molecule has 0 unspecified atom stereocenters. The minimum absolute atomic E-state index is 0. The van der Waals surface area contributed by atoms with E-state index in [1.807, 2.05) is 5.32 Å². The highest BCUT2D eigenvalue weighted by atomic mass is 35.5. The summed E-state index contributed by atoms with van der Waals surface area (Å²) < 4.78 is 91.2. The molecule has 1 rings (SSSR count). The standard InChI is InChI=1S/C20H24F6N2O7.ClH/c21-18(22)33-8-12(17(31)32-7-11-4-2-1-3-5-11)6-15(29)14(10-35-20(25)26)28-16(30)13(27)9-34-19(23)24;/h1-5,12-14,18-20H,6-10,27H2,(H,28,30);1H/t12-,13-,14-;/m0./s1. The Labute approximate surface area is 208 Å². The third-order valence-corrected chi connectivity index (χ3v) is 4.26. The van der Waals surface area contributed by atoms with E-state index in [-0.39, 0.29) is 19.0 Å². The quantitative estimate of drug-likeness (QED) is 0.222. The SMILES string of the molecule is Cl.N[C@@H](COC(F)F)C(=O)N[C@@H](COC(F)F)C(=O)C[C@@H](COC(F)F)C(=O)OCc1ccccc1. The van der Waals surface area contributed by atoms with Gasteiger partial charge in [0.15, 0.2) is 5.78 Å². The first-order chi connectivity index (χ1) is 16.5. The van der Waals surface area contributed by atoms with Crippen LogP contribution in [0.3, 0.4) is 0 Å². The highest BCUT2D eigenvalue weighted by Crippen LogP contribution is 2.14. The Kier molecular flexibility index (Phi) is 16.7. The number of hydrogen-bond acceptors (Lipinski definition) is 8. The smallest absolute Gasteiger partial charge is 0.345 e. The third kappa shape index (κ3) is 14.2. The van der Waals surface area contributed by atoms with E-state index < -0.39 is 81.7 Å². The summed E-state index contributed by atoms with van der Waals surface area (Å²) in [6.45, 7) is -13.2. The van der Waals surface area contributed by atoms with Gasteiger partial charge in [-0.25, -0.2) is 0 Å². The number of carbonyl (C=O) groups is 3. The van der Waals surface area contributed by atoms with Gasteiger partial charge < -0.3 is 30.0 Å². The number of ketones is 1. The monoisotopic (exact) mass is 554 g/mol. The van der Waals surface area contributed by atoms with Crippen LogP contribution in [0.2, 0.25) is 0 Å². The summed E-state index contributed by atoms with van der Waals surface area (Å²) in [6, 6.07) is 4.68. The predicted molar refractivity (Wildman–Crippen MR) is 112 cm³/mol. The van der Waals surface area contributed by atoms with Crippen LogP contribution >= 0.6 is 12.4 Å². The molecule has 3 N–H and O–H groups in total. The number of esters is 1. The van der Waals surface area contributed by atoms with E-state index in [2.05, 4.69) is 14.2 Å². The number of halogens is 7. The van der Waals surface area contributed by atoms with Crippen LogP contribution in [0.4, 0.5) is 26.3 Å². The first-order valence-corrected chi connectivity index (χ1v) is 9.98. The molecule has 1 aromatic rings. The Hall–Kier alpha value is -2.46. The Morgan fingerprint density at radius 2 is 1.36 bits per heavy atom. The van der Waals surface area contributed by atoms with Gasteiger partial charge in [0, 0.05) is 6.42 Å². The number of ether oxygens (including phenoxy) is 4. The van der Waals surface area contributed by atoms with Crippen LogP contribution in [0.5, 0.6) is 0 Å². The molecule has 9 nitrogen and oxygen atoms in total. The lowest BCUT2D eigenvalue weighted by atomic mass is 9.99. The van der Waals surface area contributed by atoms with Gasteiger partial charge in [-0.15, -0.1) is 12.4 Å². The van der Waals surface area contributed by atoms with Crippen molar-refractivity contribution in [2.24, 2.45) is 11.7 Å². The summed E-state index contributed by atoms with van der Waals surface area (Å²) in [5, 5.41) is 1.92. The zero-order valence-electron chi connectivity index (χ0n) is 18.5. The normalized spacial score (nSPS) is 13.7. The van der Waals surface area contributed by atoms with Crippen molar-refractivity contribution in [2.45, 2.75) is 44.9 Å². The second-order valence-electron chi connectivity index (χ2n) is 6.91. The highest BCUT2D eigenvalue weighted by Gasteiger charge is 2.31. The maximum Gasteiger partial charge on any atom is 0.345 e. The topological polar surface area (TPSA) is 126 Å². The van der Waals surface area contributed by atoms with Crippen molar-refractivity contribution in [2.75, 3.05) is 19.8 Å². The van der Waals surface area contributed by atoms with E-state index in [1.54, 1.807) is 30.3 Å². The maximum absolute atomic E-state index is 12.6. The summed E-state index contributed by atoms with van der Waals surface area (Å²) in [6.07, 6.45) is -0.874. The van der Waals surface area contributed by atoms with E-state index >= 15 is 0 Å². The minimum atomic E-state index is -3.35. The second-order valence-corrected chi connectivity index (χ2v) is 6.91. The Morgan fingerprint density at radius 1 is 0.833 bits per heavy atom. The number of carbonyl (C=O) groups excluding carboxylic acids is 3. The number of benzene rings is 1. The van der Waals surface area contributed by atoms with Gasteiger partial charge in [0.2, 0.25) is 5.91 Å². The fraction of sp³-hybridized carbons (Fsp3) is 0.550. The molecular formula is C20H25ClF6N2O7. The number of Topliss-reactive ketones (excluding diaryl/α,β-unsaturated/α-hetero) is 1. The summed E-state index contributed by atoms with van der Waals surface area (Å²) in [7, 11) is 0. The van der Waals surface area contributed by atoms with Crippen LogP contribution in [0.1, 0.15) is 12.0 Å². The van der Waals surface area contributed by atoms with E-state index in [0.717, 1.165) is 0 Å². The Balaban J connectivity index is 0.0000122. The van der Waals surface area contributed by atoms with E-state index in [1.165, 1.54) is 0 Å². The summed E-state index contributed by atoms with van der Waals surface area (Å²) in [5.41, 5.74) is 5.90. The minimum Gasteiger partial charge on any atom is -0.461 e. The number of alkyl halides is 6. The Morgan fingerprint density at radius 3 is 1.92 bits per heavy atom. The average Bonchev–Trinajstić information content (AvgIpc) is 2.81. The molecule has 36 heavy (non-hydrogen) atoms. The van der Waals surface area contributed by atoms with Crippen molar-refractivity contribution < 1.29 is 59.7 Å². The van der Waals surface area contributed by atoms with Crippen molar-refractivity contribution in [1.29, 1.82) is 0 Å². The average molecular weight is 555 g/mol. The van der Waals surface area contributed by atoms with E-state index in [0.29, 0.717) is 5.56 Å². The van der Waals surface area contributed by atoms with Crippen molar-refractivity contribution >= 4 is 30.1 Å². The summed E-state index contributed by atoms with van der Waals surface area (Å²) >= 11 is 0. The molecule has 1 aromatic carbocycles. The highest BCUT2D eigenvalue weighted by molar-refractivity contribution is 5.93. The fourth-order valence-electron chi connectivity index (χ4n) is 2.55. The molecule has 206 valence electrons. The van der Waals surface area contributed by atoms with Crippen LogP contribution in [-0.4, -0.2) is 69.4 Å². The van der Waals surface area contributed by atoms with Crippen molar-refractivity contribution in [3.63, 3.8) is 0 Å². The summed E-state index contributed by atoms with van der Waals surface area (Å²) in [4.78, 5) is 37.1. The maximum atomic E-state index is 12.6. The Bertz CT molecular complexity index is 795. The number of hydrogen-bond donors (Lipinski definition) is 2. The van der Waals surface area contributed by atoms with Crippen LogP contribution in [0.15, 0.2) is 30.3 Å². The lowest BCUT2D eigenvalue weighted by Gasteiger charge is -2.22. The van der Waals surface area contributed by atoms with Crippen LogP contribution in [0, 0.1) is 5.92 Å². The van der Waals surface area contributed by atoms with Crippen LogP contribution < -0.4 is 11.1 Å². The molecular weight excluding hydrogens is 530 g/mol. The molecule has 16 heteroatoms. The first kappa shape index (κ1) is 33.5. The van der Waals surface area contributed by atoms with Gasteiger partial charge in [0.1, 0.15) is 18.7 Å². The molecule has 0 aliphatic carbocycles. The van der Waals surface area contributed by atoms with Gasteiger partial charge >= 0.3 is 25.8 Å². The molecule has 0 spiro atoms. The zero-order chi connectivity index (χ0) is 26.4. The molecule has 0 radical (unpaired) electrons. The molecule has 0 bridgehead atoms. The van der Waals surface area contributed by atoms with Gasteiger partial charge in [-0.1, -0.05) is 30.3 Å². The zero-order valence-corrected chi connectivity index (χ0v) is 19.3. The van der Waals surface area contributed by atoms with Gasteiger partial charge in [-0.05, 0) is 5.56 Å². The van der Waals surface area contributed by atoms with E-state index in [4.69, 9.17) is 10.5 Å². The van der Waals surface area contributed by atoms with Crippen LogP contribution in [-0.2, 0) is 39.9 Å². The fourth-order valence-corrected chi connectivity index (χ4v) is 2.55. The van der Waals surface area contributed by atoms with Crippen molar-refractivity contribution in [1.82, 2.24) is 5.32 Å².